The Bertz CT molecular complexity index is 1380. The molecule has 2 aromatic heterocycles. The first-order valence-electron chi connectivity index (χ1n) is 11.1. The third-order valence-corrected chi connectivity index (χ3v) is 7.71. The molecule has 3 heterocycles. The number of fused-ring (bicyclic) bond motifs is 1. The lowest BCUT2D eigenvalue weighted by atomic mass is 10.2. The summed E-state index contributed by atoms with van der Waals surface area (Å²) in [4.78, 5) is 29.4. The van der Waals surface area contributed by atoms with Gasteiger partial charge in [0.2, 0.25) is 10.0 Å². The highest BCUT2D eigenvalue weighted by Gasteiger charge is 2.29. The van der Waals surface area contributed by atoms with Gasteiger partial charge in [-0.05, 0) is 49.6 Å². The van der Waals surface area contributed by atoms with Crippen LogP contribution in [-0.2, 0) is 21.4 Å². The highest BCUT2D eigenvalue weighted by atomic mass is 32.2. The monoisotopic (exact) mass is 485 g/mol. The lowest BCUT2D eigenvalue weighted by molar-refractivity contribution is 0.0467. The average molecular weight is 486 g/mol. The summed E-state index contributed by atoms with van der Waals surface area (Å²) in [6.45, 7) is 2.52. The van der Waals surface area contributed by atoms with Crippen molar-refractivity contribution >= 4 is 21.6 Å². The van der Waals surface area contributed by atoms with Gasteiger partial charge >= 0.3 is 5.97 Å². The molecular formula is C24H27N3O6S. The van der Waals surface area contributed by atoms with E-state index in [1.54, 1.807) is 12.3 Å². The minimum atomic E-state index is -3.84. The summed E-state index contributed by atoms with van der Waals surface area (Å²) in [5, 5.41) is 0. The number of methoxy groups -OCH3 is 1. The molecule has 0 unspecified atom stereocenters. The Morgan fingerprint density at radius 1 is 1.06 bits per heavy atom. The van der Waals surface area contributed by atoms with Gasteiger partial charge in [0, 0.05) is 25.4 Å². The second kappa shape index (κ2) is 9.94. The van der Waals surface area contributed by atoms with Crippen molar-refractivity contribution in [3.8, 4) is 5.75 Å². The van der Waals surface area contributed by atoms with E-state index in [9.17, 15) is 18.0 Å². The Morgan fingerprint density at radius 3 is 2.50 bits per heavy atom. The average Bonchev–Trinajstić information content (AvgIpc) is 3.13. The molecule has 1 aliphatic rings. The number of carbonyl (C=O) groups excluding carboxylic acids is 1. The number of esters is 1. The molecule has 1 saturated heterocycles. The maximum Gasteiger partial charge on any atom is 0.338 e. The number of rotatable bonds is 6. The van der Waals surface area contributed by atoms with Gasteiger partial charge in [0.25, 0.3) is 5.56 Å². The second-order valence-corrected chi connectivity index (χ2v) is 10.2. The lowest BCUT2D eigenvalue weighted by Crippen LogP contribution is -2.32. The van der Waals surface area contributed by atoms with Crippen molar-refractivity contribution in [2.24, 2.45) is 0 Å². The molecule has 9 nitrogen and oxygen atoms in total. The molecule has 0 N–H and O–H groups in total. The zero-order valence-electron chi connectivity index (χ0n) is 19.2. The van der Waals surface area contributed by atoms with Crippen LogP contribution in [0.4, 0.5) is 0 Å². The van der Waals surface area contributed by atoms with E-state index in [4.69, 9.17) is 9.47 Å². The van der Waals surface area contributed by atoms with Gasteiger partial charge in [-0.3, -0.25) is 9.20 Å². The van der Waals surface area contributed by atoms with Gasteiger partial charge in [0.05, 0.1) is 18.4 Å². The molecule has 0 aliphatic carbocycles. The smallest absolute Gasteiger partial charge is 0.338 e. The van der Waals surface area contributed by atoms with Gasteiger partial charge in [0.1, 0.15) is 22.9 Å². The third kappa shape index (κ3) is 4.97. The maximum absolute atomic E-state index is 13.3. The molecule has 1 aromatic carbocycles. The second-order valence-electron chi connectivity index (χ2n) is 8.28. The van der Waals surface area contributed by atoms with Crippen LogP contribution in [0.5, 0.6) is 5.75 Å². The van der Waals surface area contributed by atoms with Crippen LogP contribution in [0.25, 0.3) is 5.65 Å². The molecule has 0 saturated carbocycles. The first-order valence-corrected chi connectivity index (χ1v) is 12.6. The van der Waals surface area contributed by atoms with Crippen LogP contribution in [0.1, 0.15) is 47.3 Å². The number of sulfonamides is 1. The number of hydrogen-bond donors (Lipinski definition) is 0. The van der Waals surface area contributed by atoms with Gasteiger partial charge < -0.3 is 9.47 Å². The summed E-state index contributed by atoms with van der Waals surface area (Å²) in [7, 11) is -2.45. The molecule has 0 radical (unpaired) electrons. The Kier molecular flexibility index (Phi) is 6.99. The molecular weight excluding hydrogens is 458 g/mol. The van der Waals surface area contributed by atoms with E-state index in [2.05, 4.69) is 4.98 Å². The summed E-state index contributed by atoms with van der Waals surface area (Å²) >= 11 is 0. The fourth-order valence-electron chi connectivity index (χ4n) is 3.98. The zero-order valence-corrected chi connectivity index (χ0v) is 20.0. The molecule has 180 valence electrons. The van der Waals surface area contributed by atoms with E-state index >= 15 is 0 Å². The number of benzene rings is 1. The molecule has 4 rings (SSSR count). The van der Waals surface area contributed by atoms with Crippen LogP contribution in [0, 0.1) is 6.92 Å². The largest absolute Gasteiger partial charge is 0.495 e. The van der Waals surface area contributed by atoms with E-state index in [0.29, 0.717) is 24.4 Å². The summed E-state index contributed by atoms with van der Waals surface area (Å²) in [5.74, 6) is -0.554. The molecule has 0 bridgehead atoms. The predicted molar refractivity (Wildman–Crippen MR) is 126 cm³/mol. The number of pyridine rings is 1. The molecule has 0 atom stereocenters. The van der Waals surface area contributed by atoms with E-state index < -0.39 is 16.0 Å². The van der Waals surface area contributed by atoms with Crippen molar-refractivity contribution < 1.29 is 22.7 Å². The Balaban J connectivity index is 1.56. The number of hydrogen-bond acceptors (Lipinski definition) is 7. The van der Waals surface area contributed by atoms with Crippen molar-refractivity contribution in [1.29, 1.82) is 0 Å². The van der Waals surface area contributed by atoms with Crippen molar-refractivity contribution in [2.75, 3.05) is 20.2 Å². The fraction of sp³-hybridized carbons (Fsp3) is 0.375. The van der Waals surface area contributed by atoms with Crippen molar-refractivity contribution in [3.63, 3.8) is 0 Å². The van der Waals surface area contributed by atoms with Gasteiger partial charge in [-0.2, -0.15) is 4.31 Å². The van der Waals surface area contributed by atoms with Crippen LogP contribution in [0.2, 0.25) is 0 Å². The fourth-order valence-corrected chi connectivity index (χ4v) is 5.68. The Morgan fingerprint density at radius 2 is 1.79 bits per heavy atom. The van der Waals surface area contributed by atoms with E-state index in [1.807, 2.05) is 13.0 Å². The Labute approximate surface area is 198 Å². The quantitative estimate of drug-likeness (QED) is 0.494. The summed E-state index contributed by atoms with van der Waals surface area (Å²) in [6.07, 6.45) is 5.25. The van der Waals surface area contributed by atoms with Crippen LogP contribution >= 0.6 is 0 Å². The van der Waals surface area contributed by atoms with Gasteiger partial charge in [-0.15, -0.1) is 0 Å². The lowest BCUT2D eigenvalue weighted by Gasteiger charge is -2.21. The van der Waals surface area contributed by atoms with Gasteiger partial charge in [-0.1, -0.05) is 18.9 Å². The van der Waals surface area contributed by atoms with E-state index in [-0.39, 0.29) is 28.4 Å². The van der Waals surface area contributed by atoms with Crippen LogP contribution in [-0.4, -0.2) is 48.3 Å². The number of carbonyl (C=O) groups is 1. The zero-order chi connectivity index (χ0) is 24.3. The van der Waals surface area contributed by atoms with Crippen molar-refractivity contribution in [2.45, 2.75) is 44.1 Å². The molecule has 3 aromatic rings. The minimum absolute atomic E-state index is 0.0659. The van der Waals surface area contributed by atoms with Crippen LogP contribution in [0.3, 0.4) is 0 Å². The number of nitrogens with zero attached hydrogens (tertiary/aromatic N) is 3. The first-order chi connectivity index (χ1) is 16.3. The van der Waals surface area contributed by atoms with Gasteiger partial charge in [0.15, 0.2) is 0 Å². The molecule has 10 heteroatoms. The number of aromatic nitrogens is 2. The van der Waals surface area contributed by atoms with Crippen LogP contribution < -0.4 is 10.3 Å². The number of ether oxygens (including phenoxy) is 2. The van der Waals surface area contributed by atoms with Crippen LogP contribution in [0.15, 0.2) is 52.3 Å². The highest BCUT2D eigenvalue weighted by molar-refractivity contribution is 7.89. The molecule has 0 spiro atoms. The first kappa shape index (κ1) is 23.9. The number of aryl methyl sites for hydroxylation is 1. The standard InChI is InChI=1S/C24H27N3O6S/c1-17-7-10-22-25-19(14-23(28)27(22)15-17)16-33-24(29)18-8-9-20(32-2)21(13-18)34(30,31)26-11-5-3-4-6-12-26/h7-10,13-15H,3-6,11-12,16H2,1-2H3. The topological polar surface area (TPSA) is 107 Å². The van der Waals surface area contributed by atoms with E-state index in [0.717, 1.165) is 31.2 Å². The normalized spacial score (nSPS) is 15.1. The van der Waals surface area contributed by atoms with Gasteiger partial charge in [-0.25, -0.2) is 18.2 Å². The molecule has 1 aliphatic heterocycles. The highest BCUT2D eigenvalue weighted by Crippen LogP contribution is 2.29. The molecule has 34 heavy (non-hydrogen) atoms. The summed E-state index contributed by atoms with van der Waals surface area (Å²) < 4.78 is 40.1. The maximum atomic E-state index is 13.3. The minimum Gasteiger partial charge on any atom is -0.495 e. The summed E-state index contributed by atoms with van der Waals surface area (Å²) in [5.41, 5.74) is 1.45. The SMILES string of the molecule is COc1ccc(C(=O)OCc2cc(=O)n3cc(C)ccc3n2)cc1S(=O)(=O)N1CCCCCC1. The summed E-state index contributed by atoms with van der Waals surface area (Å²) in [6, 6.07) is 9.04. The molecule has 0 amide bonds. The molecule has 1 fully saturated rings. The van der Waals surface area contributed by atoms with Crippen molar-refractivity contribution in [3.05, 3.63) is 69.8 Å². The predicted octanol–water partition coefficient (Wildman–Crippen LogP) is 2.93. The Hall–Kier alpha value is -3.24. The third-order valence-electron chi connectivity index (χ3n) is 5.79. The van der Waals surface area contributed by atoms with Crippen molar-refractivity contribution in [1.82, 2.24) is 13.7 Å². The van der Waals surface area contributed by atoms with E-state index in [1.165, 1.54) is 40.1 Å².